The molecule has 1 aromatic rings. The smallest absolute Gasteiger partial charge is 0.275 e. The molecule has 9 heteroatoms. The van der Waals surface area contributed by atoms with Crippen LogP contribution in [0, 0.1) is 11.8 Å². The fourth-order valence-electron chi connectivity index (χ4n) is 4.31. The normalized spacial score (nSPS) is 23.0. The number of carbonyl (C=O) groups excluding carboxylic acids is 2. The summed E-state index contributed by atoms with van der Waals surface area (Å²) in [7, 11) is 0. The Kier molecular flexibility index (Phi) is 8.33. The summed E-state index contributed by atoms with van der Waals surface area (Å²) in [4.78, 5) is 33.2. The Morgan fingerprint density at radius 3 is 2.62 bits per heavy atom. The van der Waals surface area contributed by atoms with Crippen molar-refractivity contribution in [1.29, 1.82) is 0 Å². The molecular weight excluding hydrogens is 438 g/mol. The summed E-state index contributed by atoms with van der Waals surface area (Å²) in [6, 6.07) is 0.664. The van der Waals surface area contributed by atoms with E-state index in [1.807, 2.05) is 32.1 Å². The highest BCUT2D eigenvalue weighted by Crippen LogP contribution is 2.31. The van der Waals surface area contributed by atoms with E-state index in [1.165, 1.54) is 16.0 Å². The van der Waals surface area contributed by atoms with Gasteiger partial charge in [0.05, 0.1) is 12.7 Å². The minimum atomic E-state index is -0.877. The molecule has 0 aromatic carbocycles. The lowest BCUT2D eigenvalue weighted by Gasteiger charge is -2.28. The Bertz CT molecular complexity index is 989. The SMILES string of the molecule is CC(C)=C(C)C1C=CC(ONC(=O)C2CC(O)CN2C(=O)C(c2cc(CO)no2)C(C)C)=CC1. The highest BCUT2D eigenvalue weighted by atomic mass is 16.7. The van der Waals surface area contributed by atoms with Crippen molar-refractivity contribution < 1.29 is 29.2 Å². The summed E-state index contributed by atoms with van der Waals surface area (Å²) in [5.74, 6) is -0.544. The van der Waals surface area contributed by atoms with Crippen molar-refractivity contribution in [3.05, 3.63) is 52.7 Å². The lowest BCUT2D eigenvalue weighted by Crippen LogP contribution is -2.48. The van der Waals surface area contributed by atoms with Gasteiger partial charge in [-0.1, -0.05) is 36.2 Å². The van der Waals surface area contributed by atoms with Crippen molar-refractivity contribution >= 4 is 11.8 Å². The molecular formula is C25H35N3O6. The number of likely N-dealkylation sites (tertiary alicyclic amines) is 1. The van der Waals surface area contributed by atoms with Gasteiger partial charge in [-0.3, -0.25) is 9.59 Å². The summed E-state index contributed by atoms with van der Waals surface area (Å²) in [6.07, 6.45) is 5.85. The third-order valence-electron chi connectivity index (χ3n) is 6.52. The van der Waals surface area contributed by atoms with Crippen molar-refractivity contribution in [3.8, 4) is 0 Å². The maximum Gasteiger partial charge on any atom is 0.275 e. The second kappa shape index (κ2) is 11.0. The number of β-amino-alcohol motifs (C(OH)–C–C–N with tert-alkyl or cyclic N) is 1. The molecule has 186 valence electrons. The predicted molar refractivity (Wildman–Crippen MR) is 125 cm³/mol. The minimum Gasteiger partial charge on any atom is -0.391 e. The van der Waals surface area contributed by atoms with E-state index in [1.54, 1.807) is 6.07 Å². The van der Waals surface area contributed by atoms with Gasteiger partial charge in [0.2, 0.25) is 5.91 Å². The van der Waals surface area contributed by atoms with Gasteiger partial charge in [-0.25, -0.2) is 0 Å². The van der Waals surface area contributed by atoms with Gasteiger partial charge in [0, 0.05) is 24.9 Å². The van der Waals surface area contributed by atoms with Crippen LogP contribution in [0.5, 0.6) is 0 Å². The molecule has 34 heavy (non-hydrogen) atoms. The molecule has 0 radical (unpaired) electrons. The average molecular weight is 474 g/mol. The van der Waals surface area contributed by atoms with Gasteiger partial charge in [-0.05, 0) is 45.3 Å². The summed E-state index contributed by atoms with van der Waals surface area (Å²) in [5, 5.41) is 23.3. The van der Waals surface area contributed by atoms with Gasteiger partial charge in [0.1, 0.15) is 23.4 Å². The molecule has 1 aliphatic heterocycles. The maximum absolute atomic E-state index is 13.4. The first-order valence-electron chi connectivity index (χ1n) is 11.7. The number of aliphatic hydroxyl groups is 2. The van der Waals surface area contributed by atoms with Crippen LogP contribution in [-0.4, -0.2) is 50.8 Å². The fourth-order valence-corrected chi connectivity index (χ4v) is 4.31. The van der Waals surface area contributed by atoms with Crippen molar-refractivity contribution in [1.82, 2.24) is 15.5 Å². The van der Waals surface area contributed by atoms with E-state index in [-0.39, 0.29) is 31.4 Å². The molecule has 1 fully saturated rings. The Morgan fingerprint density at radius 2 is 2.06 bits per heavy atom. The van der Waals surface area contributed by atoms with Crippen molar-refractivity contribution in [2.45, 2.75) is 72.1 Å². The molecule has 2 amide bonds. The zero-order valence-corrected chi connectivity index (χ0v) is 20.4. The Balaban J connectivity index is 1.66. The largest absolute Gasteiger partial charge is 0.391 e. The van der Waals surface area contributed by atoms with Gasteiger partial charge in [0.15, 0.2) is 5.76 Å². The second-order valence-electron chi connectivity index (χ2n) is 9.56. The third-order valence-corrected chi connectivity index (χ3v) is 6.52. The topological polar surface area (TPSA) is 125 Å². The predicted octanol–water partition coefficient (Wildman–Crippen LogP) is 2.73. The van der Waals surface area contributed by atoms with E-state index in [0.29, 0.717) is 23.1 Å². The van der Waals surface area contributed by atoms with E-state index in [0.717, 1.165) is 6.42 Å². The van der Waals surface area contributed by atoms with E-state index < -0.39 is 24.0 Å². The molecule has 1 aromatic heterocycles. The highest BCUT2D eigenvalue weighted by Gasteiger charge is 2.43. The van der Waals surface area contributed by atoms with Gasteiger partial charge in [-0.15, -0.1) is 0 Å². The maximum atomic E-state index is 13.4. The van der Waals surface area contributed by atoms with E-state index in [2.05, 4.69) is 31.4 Å². The number of amides is 2. The number of rotatable bonds is 8. The summed E-state index contributed by atoms with van der Waals surface area (Å²) in [6.45, 7) is 9.73. The van der Waals surface area contributed by atoms with Gasteiger partial charge >= 0.3 is 0 Å². The third kappa shape index (κ3) is 5.77. The molecule has 2 heterocycles. The number of nitrogens with one attached hydrogen (secondary N) is 1. The number of aliphatic hydroxyl groups excluding tert-OH is 2. The first-order valence-corrected chi connectivity index (χ1v) is 11.7. The monoisotopic (exact) mass is 473 g/mol. The lowest BCUT2D eigenvalue weighted by molar-refractivity contribution is -0.144. The second-order valence-corrected chi connectivity index (χ2v) is 9.56. The standard InChI is InChI=1S/C25H35N3O6/c1-14(2)16(5)17-6-8-20(9-7-17)33-27-24(31)21-11-19(30)12-28(21)25(32)23(15(3)4)22-10-18(13-29)26-34-22/h6,8-10,15,17,19,21,23,29-30H,7,11-13H2,1-5H3,(H,27,31). The molecule has 9 nitrogen and oxygen atoms in total. The van der Waals surface area contributed by atoms with Crippen molar-refractivity contribution in [3.63, 3.8) is 0 Å². The summed E-state index contributed by atoms with van der Waals surface area (Å²) in [5.41, 5.74) is 5.36. The van der Waals surface area contributed by atoms with Crippen LogP contribution in [0.4, 0.5) is 0 Å². The molecule has 0 bridgehead atoms. The van der Waals surface area contributed by atoms with Crippen LogP contribution in [0.15, 0.2) is 45.7 Å². The molecule has 4 unspecified atom stereocenters. The summed E-state index contributed by atoms with van der Waals surface area (Å²) < 4.78 is 5.29. The number of hydroxylamine groups is 1. The molecule has 1 saturated heterocycles. The lowest BCUT2D eigenvalue weighted by atomic mass is 9.90. The molecule has 3 N–H and O–H groups in total. The Labute approximate surface area is 200 Å². The Hall–Kier alpha value is -2.91. The Morgan fingerprint density at radius 1 is 1.32 bits per heavy atom. The molecule has 4 atom stereocenters. The number of allylic oxidation sites excluding steroid dienone is 5. The van der Waals surface area contributed by atoms with Gasteiger partial charge < -0.3 is 24.5 Å². The minimum absolute atomic E-state index is 0.0351. The molecule has 1 aliphatic carbocycles. The van der Waals surface area contributed by atoms with Crippen molar-refractivity contribution in [2.75, 3.05) is 6.54 Å². The highest BCUT2D eigenvalue weighted by molar-refractivity contribution is 5.90. The molecule has 0 spiro atoms. The van der Waals surface area contributed by atoms with Crippen LogP contribution < -0.4 is 5.48 Å². The molecule has 2 aliphatic rings. The van der Waals surface area contributed by atoms with E-state index in [4.69, 9.17) is 9.36 Å². The first kappa shape index (κ1) is 25.7. The number of nitrogens with zero attached hydrogens (tertiary/aromatic N) is 2. The summed E-state index contributed by atoms with van der Waals surface area (Å²) >= 11 is 0. The van der Waals surface area contributed by atoms with Crippen LogP contribution >= 0.6 is 0 Å². The molecule has 3 rings (SSSR count). The average Bonchev–Trinajstić information content (AvgIpc) is 3.43. The van der Waals surface area contributed by atoms with Crippen molar-refractivity contribution in [2.24, 2.45) is 11.8 Å². The van der Waals surface area contributed by atoms with Gasteiger partial charge in [0.25, 0.3) is 5.91 Å². The number of carbonyl (C=O) groups is 2. The zero-order chi connectivity index (χ0) is 25.0. The quantitative estimate of drug-likeness (QED) is 0.392. The number of aromatic nitrogens is 1. The van der Waals surface area contributed by atoms with Crippen LogP contribution in [-0.2, 0) is 21.0 Å². The van der Waals surface area contributed by atoms with Gasteiger partial charge in [-0.2, -0.15) is 5.48 Å². The van der Waals surface area contributed by atoms with Crippen LogP contribution in [0.3, 0.4) is 0 Å². The fraction of sp³-hybridized carbons (Fsp3) is 0.560. The zero-order valence-electron chi connectivity index (χ0n) is 20.4. The van der Waals surface area contributed by atoms with E-state index in [9.17, 15) is 19.8 Å². The van der Waals surface area contributed by atoms with Crippen LogP contribution in [0.2, 0.25) is 0 Å². The number of hydrogen-bond acceptors (Lipinski definition) is 7. The molecule has 0 saturated carbocycles. The first-order chi connectivity index (χ1) is 16.1. The number of hydrogen-bond donors (Lipinski definition) is 3. The van der Waals surface area contributed by atoms with Crippen LogP contribution in [0.1, 0.15) is 64.8 Å². The van der Waals surface area contributed by atoms with E-state index >= 15 is 0 Å². The van der Waals surface area contributed by atoms with Crippen LogP contribution in [0.25, 0.3) is 0 Å².